The lowest BCUT2D eigenvalue weighted by Crippen LogP contribution is -2.19. The number of aromatic hydroxyl groups is 1. The standard InChI is InChI=1S/C16H16N2O2/c1-12-6-5-9-15(19)14(12)11-17-18-16(20)10-13-7-3-2-4-8-13/h2-9,11,19H,10H2,1H3,(H,18,20). The van der Waals surface area contributed by atoms with Crippen molar-refractivity contribution in [2.24, 2.45) is 5.10 Å². The average Bonchev–Trinajstić information content (AvgIpc) is 2.43. The van der Waals surface area contributed by atoms with Crippen LogP contribution in [0.4, 0.5) is 0 Å². The highest BCUT2D eigenvalue weighted by molar-refractivity contribution is 5.87. The van der Waals surface area contributed by atoms with Crippen LogP contribution in [-0.4, -0.2) is 17.2 Å². The number of nitrogens with zero attached hydrogens (tertiary/aromatic N) is 1. The Morgan fingerprint density at radius 2 is 1.95 bits per heavy atom. The maximum atomic E-state index is 11.7. The molecule has 0 fully saturated rings. The molecule has 0 atom stereocenters. The third kappa shape index (κ3) is 3.68. The number of aryl methyl sites for hydroxylation is 1. The van der Waals surface area contributed by atoms with E-state index < -0.39 is 0 Å². The van der Waals surface area contributed by atoms with Crippen LogP contribution < -0.4 is 5.43 Å². The fraction of sp³-hybridized carbons (Fsp3) is 0.125. The van der Waals surface area contributed by atoms with E-state index in [-0.39, 0.29) is 18.1 Å². The SMILES string of the molecule is Cc1cccc(O)c1C=NNC(=O)Cc1ccccc1. The average molecular weight is 268 g/mol. The molecule has 1 amide bonds. The minimum atomic E-state index is -0.194. The second-order valence-corrected chi connectivity index (χ2v) is 4.46. The second kappa shape index (κ2) is 6.52. The molecule has 4 heteroatoms. The van der Waals surface area contributed by atoms with Gasteiger partial charge in [-0.3, -0.25) is 4.79 Å². The first kappa shape index (κ1) is 13.8. The Morgan fingerprint density at radius 1 is 1.20 bits per heavy atom. The van der Waals surface area contributed by atoms with E-state index in [9.17, 15) is 9.90 Å². The van der Waals surface area contributed by atoms with Crippen molar-refractivity contribution < 1.29 is 9.90 Å². The number of hydrogen-bond acceptors (Lipinski definition) is 3. The molecule has 0 heterocycles. The molecule has 0 spiro atoms. The summed E-state index contributed by atoms with van der Waals surface area (Å²) in [5, 5.41) is 13.6. The molecule has 0 aromatic heterocycles. The fourth-order valence-electron chi connectivity index (χ4n) is 1.82. The van der Waals surface area contributed by atoms with Crippen LogP contribution in [0.5, 0.6) is 5.75 Å². The number of hydrazone groups is 1. The predicted molar refractivity (Wildman–Crippen MR) is 78.7 cm³/mol. The molecule has 0 aliphatic rings. The van der Waals surface area contributed by atoms with Crippen molar-refractivity contribution in [3.05, 3.63) is 65.2 Å². The maximum Gasteiger partial charge on any atom is 0.244 e. The van der Waals surface area contributed by atoms with Crippen LogP contribution in [0.25, 0.3) is 0 Å². The van der Waals surface area contributed by atoms with Gasteiger partial charge in [-0.2, -0.15) is 5.10 Å². The summed E-state index contributed by atoms with van der Waals surface area (Å²) in [7, 11) is 0. The summed E-state index contributed by atoms with van der Waals surface area (Å²) in [6.07, 6.45) is 1.73. The Morgan fingerprint density at radius 3 is 2.65 bits per heavy atom. The van der Waals surface area contributed by atoms with Gasteiger partial charge in [0.15, 0.2) is 0 Å². The second-order valence-electron chi connectivity index (χ2n) is 4.46. The van der Waals surface area contributed by atoms with Crippen molar-refractivity contribution in [2.45, 2.75) is 13.3 Å². The zero-order valence-corrected chi connectivity index (χ0v) is 11.2. The highest BCUT2D eigenvalue weighted by Crippen LogP contribution is 2.17. The van der Waals surface area contributed by atoms with Crippen LogP contribution in [0.15, 0.2) is 53.6 Å². The molecule has 0 bridgehead atoms. The number of phenolic OH excluding ortho intramolecular Hbond substituents is 1. The number of phenols is 1. The molecule has 0 saturated carbocycles. The van der Waals surface area contributed by atoms with Crippen molar-refractivity contribution in [3.63, 3.8) is 0 Å². The summed E-state index contributed by atoms with van der Waals surface area (Å²) in [6.45, 7) is 1.87. The van der Waals surface area contributed by atoms with E-state index in [1.807, 2.05) is 43.3 Å². The number of carbonyl (C=O) groups excluding carboxylic acids is 1. The zero-order chi connectivity index (χ0) is 14.4. The topological polar surface area (TPSA) is 61.7 Å². The monoisotopic (exact) mass is 268 g/mol. The molecular weight excluding hydrogens is 252 g/mol. The van der Waals surface area contributed by atoms with Crippen LogP contribution >= 0.6 is 0 Å². The number of benzene rings is 2. The van der Waals surface area contributed by atoms with Crippen LogP contribution in [0, 0.1) is 6.92 Å². The molecule has 0 aliphatic heterocycles. The van der Waals surface area contributed by atoms with E-state index in [0.717, 1.165) is 11.1 Å². The first-order valence-electron chi connectivity index (χ1n) is 6.31. The van der Waals surface area contributed by atoms with Gasteiger partial charge in [0, 0.05) is 5.56 Å². The largest absolute Gasteiger partial charge is 0.507 e. The summed E-state index contributed by atoms with van der Waals surface area (Å²) in [6, 6.07) is 14.7. The van der Waals surface area contributed by atoms with Gasteiger partial charge in [0.05, 0.1) is 12.6 Å². The van der Waals surface area contributed by atoms with Crippen LogP contribution in [0.3, 0.4) is 0 Å². The summed E-state index contributed by atoms with van der Waals surface area (Å²) < 4.78 is 0. The van der Waals surface area contributed by atoms with Gasteiger partial charge in [0.2, 0.25) is 5.91 Å². The van der Waals surface area contributed by atoms with Gasteiger partial charge in [-0.1, -0.05) is 42.5 Å². The maximum absolute atomic E-state index is 11.7. The normalized spacial score (nSPS) is 10.7. The summed E-state index contributed by atoms with van der Waals surface area (Å²) in [5.74, 6) is -0.0495. The van der Waals surface area contributed by atoms with Gasteiger partial charge in [-0.05, 0) is 24.1 Å². The van der Waals surface area contributed by atoms with Crippen molar-refractivity contribution in [2.75, 3.05) is 0 Å². The van der Waals surface area contributed by atoms with Crippen molar-refractivity contribution in [1.29, 1.82) is 0 Å². The molecule has 2 N–H and O–H groups in total. The van der Waals surface area contributed by atoms with Gasteiger partial charge in [-0.25, -0.2) is 5.43 Å². The molecule has 2 aromatic carbocycles. The third-order valence-corrected chi connectivity index (χ3v) is 2.89. The van der Waals surface area contributed by atoms with Crippen LogP contribution in [0.1, 0.15) is 16.7 Å². The van der Waals surface area contributed by atoms with Gasteiger partial charge in [-0.15, -0.1) is 0 Å². The van der Waals surface area contributed by atoms with Crippen molar-refractivity contribution >= 4 is 12.1 Å². The summed E-state index contributed by atoms with van der Waals surface area (Å²) >= 11 is 0. The lowest BCUT2D eigenvalue weighted by molar-refractivity contribution is -0.120. The Kier molecular flexibility index (Phi) is 4.50. The highest BCUT2D eigenvalue weighted by Gasteiger charge is 2.03. The van der Waals surface area contributed by atoms with E-state index in [1.165, 1.54) is 6.21 Å². The van der Waals surface area contributed by atoms with Crippen LogP contribution in [-0.2, 0) is 11.2 Å². The minimum Gasteiger partial charge on any atom is -0.507 e. The Labute approximate surface area is 117 Å². The fourth-order valence-corrected chi connectivity index (χ4v) is 1.82. The summed E-state index contributed by atoms with van der Waals surface area (Å²) in [5.41, 5.74) is 4.88. The van der Waals surface area contributed by atoms with Gasteiger partial charge in [0.25, 0.3) is 0 Å². The number of carbonyl (C=O) groups is 1. The van der Waals surface area contributed by atoms with E-state index in [1.54, 1.807) is 12.1 Å². The molecule has 2 rings (SSSR count). The molecular formula is C16H16N2O2. The lowest BCUT2D eigenvalue weighted by Gasteiger charge is -2.03. The predicted octanol–water partition coefficient (Wildman–Crippen LogP) is 2.39. The molecule has 4 nitrogen and oxygen atoms in total. The minimum absolute atomic E-state index is 0.144. The quantitative estimate of drug-likeness (QED) is 0.660. The Bertz CT molecular complexity index is 601. The molecule has 0 aliphatic carbocycles. The first-order valence-corrected chi connectivity index (χ1v) is 6.31. The van der Waals surface area contributed by atoms with Crippen molar-refractivity contribution in [1.82, 2.24) is 5.43 Å². The number of hydrogen-bond donors (Lipinski definition) is 2. The molecule has 102 valence electrons. The van der Waals surface area contributed by atoms with Crippen LogP contribution in [0.2, 0.25) is 0 Å². The molecule has 0 saturated heterocycles. The van der Waals surface area contributed by atoms with E-state index in [0.29, 0.717) is 5.56 Å². The van der Waals surface area contributed by atoms with Crippen molar-refractivity contribution in [3.8, 4) is 5.75 Å². The Hall–Kier alpha value is -2.62. The summed E-state index contributed by atoms with van der Waals surface area (Å²) in [4.78, 5) is 11.7. The smallest absolute Gasteiger partial charge is 0.244 e. The first-order chi connectivity index (χ1) is 9.66. The van der Waals surface area contributed by atoms with Gasteiger partial charge < -0.3 is 5.11 Å². The number of rotatable bonds is 4. The van der Waals surface area contributed by atoms with Gasteiger partial charge >= 0.3 is 0 Å². The van der Waals surface area contributed by atoms with E-state index in [2.05, 4.69) is 10.5 Å². The lowest BCUT2D eigenvalue weighted by atomic mass is 10.1. The number of amides is 1. The molecule has 20 heavy (non-hydrogen) atoms. The van der Waals surface area contributed by atoms with E-state index >= 15 is 0 Å². The van der Waals surface area contributed by atoms with Gasteiger partial charge in [0.1, 0.15) is 5.75 Å². The Balaban J connectivity index is 1.95. The molecule has 2 aromatic rings. The molecule has 0 unspecified atom stereocenters. The third-order valence-electron chi connectivity index (χ3n) is 2.89. The zero-order valence-electron chi connectivity index (χ0n) is 11.2. The van der Waals surface area contributed by atoms with E-state index in [4.69, 9.17) is 0 Å². The molecule has 0 radical (unpaired) electrons. The number of nitrogens with one attached hydrogen (secondary N) is 1. The highest BCUT2D eigenvalue weighted by atomic mass is 16.3.